The molecule has 0 unspecified atom stereocenters. The maximum absolute atomic E-state index is 5.19. The van der Waals surface area contributed by atoms with Crippen LogP contribution in [-0.2, 0) is 0 Å². The summed E-state index contributed by atoms with van der Waals surface area (Å²) >= 11 is 3.29. The molecule has 0 radical (unpaired) electrons. The molecule has 2 aromatic heterocycles. The van der Waals surface area contributed by atoms with Crippen molar-refractivity contribution in [2.24, 2.45) is 0 Å². The van der Waals surface area contributed by atoms with Gasteiger partial charge in [0.2, 0.25) is 0 Å². The fraction of sp³-hybridized carbons (Fsp3) is 0. The molecule has 0 amide bonds. The summed E-state index contributed by atoms with van der Waals surface area (Å²) in [6, 6.07) is 1.88. The van der Waals surface area contributed by atoms with Gasteiger partial charge in [-0.15, -0.1) is 0 Å². The third-order valence-electron chi connectivity index (χ3n) is 1.33. The van der Waals surface area contributed by atoms with Gasteiger partial charge in [0.1, 0.15) is 12.0 Å². The Hall–Kier alpha value is -1.03. The number of rotatable bonds is 1. The highest BCUT2D eigenvalue weighted by Gasteiger charge is 2.02. The van der Waals surface area contributed by atoms with E-state index in [0.717, 1.165) is 15.9 Å². The molecule has 0 spiro atoms. The first-order valence-electron chi connectivity index (χ1n) is 3.09. The quantitative estimate of drug-likeness (QED) is 0.790. The van der Waals surface area contributed by atoms with Crippen molar-refractivity contribution in [1.29, 1.82) is 0 Å². The number of hydrogen-bond donors (Lipinski definition) is 1. The molecule has 0 saturated carbocycles. The van der Waals surface area contributed by atoms with Gasteiger partial charge in [-0.05, 0) is 15.9 Å². The summed E-state index contributed by atoms with van der Waals surface area (Å²) in [5.41, 5.74) is 0.885. The lowest BCUT2D eigenvalue weighted by molar-refractivity contribution is 0.579. The summed E-state index contributed by atoms with van der Waals surface area (Å²) in [5.74, 6) is 0.786. The van der Waals surface area contributed by atoms with Crippen LogP contribution in [-0.4, -0.2) is 9.97 Å². The van der Waals surface area contributed by atoms with Crippen molar-refractivity contribution >= 4 is 15.9 Å². The number of aromatic amines is 1. The van der Waals surface area contributed by atoms with E-state index in [9.17, 15) is 0 Å². The average molecular weight is 213 g/mol. The Morgan fingerprint density at radius 1 is 1.55 bits per heavy atom. The van der Waals surface area contributed by atoms with Gasteiger partial charge < -0.3 is 9.40 Å². The van der Waals surface area contributed by atoms with Crippen LogP contribution in [0.4, 0.5) is 0 Å². The summed E-state index contributed by atoms with van der Waals surface area (Å²) in [5, 5.41) is 0. The van der Waals surface area contributed by atoms with Gasteiger partial charge in [-0.25, -0.2) is 4.98 Å². The van der Waals surface area contributed by atoms with Gasteiger partial charge in [0.05, 0.1) is 17.0 Å². The van der Waals surface area contributed by atoms with Crippen LogP contribution in [0.3, 0.4) is 0 Å². The SMILES string of the molecule is Brc1coc(-c2cnc[nH]2)c1. The summed E-state index contributed by atoms with van der Waals surface area (Å²) in [7, 11) is 0. The molecule has 1 N–H and O–H groups in total. The second-order valence-corrected chi connectivity index (χ2v) is 3.01. The van der Waals surface area contributed by atoms with Crippen molar-refractivity contribution < 1.29 is 4.42 Å². The molecule has 3 nitrogen and oxygen atoms in total. The molecule has 0 aliphatic heterocycles. The second kappa shape index (κ2) is 2.54. The van der Waals surface area contributed by atoms with Crippen molar-refractivity contribution in [1.82, 2.24) is 9.97 Å². The standard InChI is InChI=1S/C7H5BrN2O/c8-5-1-7(11-3-5)6-2-9-4-10-6/h1-4H,(H,9,10). The van der Waals surface area contributed by atoms with Crippen LogP contribution in [0.1, 0.15) is 0 Å². The first kappa shape index (κ1) is 6.67. The van der Waals surface area contributed by atoms with Gasteiger partial charge in [0, 0.05) is 6.07 Å². The van der Waals surface area contributed by atoms with E-state index in [2.05, 4.69) is 25.9 Å². The Balaban J connectivity index is 2.45. The summed E-state index contributed by atoms with van der Waals surface area (Å²) in [4.78, 5) is 6.82. The topological polar surface area (TPSA) is 41.8 Å². The van der Waals surface area contributed by atoms with Gasteiger partial charge in [-0.2, -0.15) is 0 Å². The molecule has 0 aliphatic carbocycles. The van der Waals surface area contributed by atoms with Gasteiger partial charge in [-0.3, -0.25) is 0 Å². The van der Waals surface area contributed by atoms with E-state index in [-0.39, 0.29) is 0 Å². The average Bonchev–Trinajstić information content (AvgIpc) is 2.55. The highest BCUT2D eigenvalue weighted by molar-refractivity contribution is 9.10. The van der Waals surface area contributed by atoms with Gasteiger partial charge in [0.15, 0.2) is 5.76 Å². The summed E-state index contributed by atoms with van der Waals surface area (Å²) in [6.07, 6.45) is 4.97. The number of nitrogens with one attached hydrogen (secondary N) is 1. The van der Waals surface area contributed by atoms with Crippen molar-refractivity contribution in [2.75, 3.05) is 0 Å². The van der Waals surface area contributed by atoms with Crippen LogP contribution in [0.15, 0.2) is 33.7 Å². The van der Waals surface area contributed by atoms with Gasteiger partial charge in [-0.1, -0.05) is 0 Å². The predicted octanol–water partition coefficient (Wildman–Crippen LogP) is 2.43. The minimum Gasteiger partial charge on any atom is -0.462 e. The molecule has 0 aromatic carbocycles. The van der Waals surface area contributed by atoms with E-state index >= 15 is 0 Å². The molecule has 4 heteroatoms. The van der Waals surface area contributed by atoms with Crippen LogP contribution in [0, 0.1) is 0 Å². The third-order valence-corrected chi connectivity index (χ3v) is 1.75. The van der Waals surface area contributed by atoms with Crippen LogP contribution >= 0.6 is 15.9 Å². The zero-order chi connectivity index (χ0) is 7.68. The first-order chi connectivity index (χ1) is 5.36. The Labute approximate surface area is 71.6 Å². The Morgan fingerprint density at radius 2 is 2.45 bits per heavy atom. The number of H-pyrrole nitrogens is 1. The Kier molecular flexibility index (Phi) is 1.54. The van der Waals surface area contributed by atoms with Crippen LogP contribution in [0.5, 0.6) is 0 Å². The molecule has 2 heterocycles. The summed E-state index contributed by atoms with van der Waals surface area (Å²) in [6.45, 7) is 0. The van der Waals surface area contributed by atoms with E-state index in [1.807, 2.05) is 6.07 Å². The van der Waals surface area contributed by atoms with Crippen LogP contribution < -0.4 is 0 Å². The highest BCUT2D eigenvalue weighted by Crippen LogP contribution is 2.22. The maximum atomic E-state index is 5.19. The third kappa shape index (κ3) is 1.21. The van der Waals surface area contributed by atoms with Crippen LogP contribution in [0.2, 0.25) is 0 Å². The molecule has 0 aliphatic rings. The normalized spacial score (nSPS) is 10.3. The van der Waals surface area contributed by atoms with Crippen molar-refractivity contribution in [3.63, 3.8) is 0 Å². The molecule has 0 atom stereocenters. The van der Waals surface area contributed by atoms with Crippen molar-refractivity contribution in [3.05, 3.63) is 29.3 Å². The minimum atomic E-state index is 0.786. The Bertz CT molecular complexity index is 339. The van der Waals surface area contributed by atoms with E-state index in [1.165, 1.54) is 0 Å². The highest BCUT2D eigenvalue weighted by atomic mass is 79.9. The molecule has 0 saturated heterocycles. The second-order valence-electron chi connectivity index (χ2n) is 2.09. The number of imidazole rings is 1. The van der Waals surface area contributed by atoms with Gasteiger partial charge in [0.25, 0.3) is 0 Å². The lowest BCUT2D eigenvalue weighted by Crippen LogP contribution is -1.68. The number of furan rings is 1. The Morgan fingerprint density at radius 3 is 3.00 bits per heavy atom. The number of nitrogens with zero attached hydrogens (tertiary/aromatic N) is 1. The van der Waals surface area contributed by atoms with E-state index in [1.54, 1.807) is 18.8 Å². The predicted molar refractivity (Wildman–Crippen MR) is 44.0 cm³/mol. The largest absolute Gasteiger partial charge is 0.462 e. The molecular formula is C7H5BrN2O. The number of aromatic nitrogens is 2. The maximum Gasteiger partial charge on any atom is 0.152 e. The smallest absolute Gasteiger partial charge is 0.152 e. The zero-order valence-electron chi connectivity index (χ0n) is 5.54. The fourth-order valence-electron chi connectivity index (χ4n) is 0.845. The summed E-state index contributed by atoms with van der Waals surface area (Å²) < 4.78 is 6.12. The molecule has 11 heavy (non-hydrogen) atoms. The molecular weight excluding hydrogens is 208 g/mol. The van der Waals surface area contributed by atoms with E-state index in [4.69, 9.17) is 4.42 Å². The van der Waals surface area contributed by atoms with E-state index in [0.29, 0.717) is 0 Å². The molecule has 0 fully saturated rings. The molecule has 2 aromatic rings. The van der Waals surface area contributed by atoms with Crippen molar-refractivity contribution in [2.45, 2.75) is 0 Å². The minimum absolute atomic E-state index is 0.786. The first-order valence-corrected chi connectivity index (χ1v) is 3.88. The van der Waals surface area contributed by atoms with Crippen molar-refractivity contribution in [3.8, 4) is 11.5 Å². The number of halogens is 1. The zero-order valence-corrected chi connectivity index (χ0v) is 7.13. The van der Waals surface area contributed by atoms with Crippen LogP contribution in [0.25, 0.3) is 11.5 Å². The monoisotopic (exact) mass is 212 g/mol. The number of hydrogen-bond acceptors (Lipinski definition) is 2. The fourth-order valence-corrected chi connectivity index (χ4v) is 1.15. The van der Waals surface area contributed by atoms with E-state index < -0.39 is 0 Å². The lowest BCUT2D eigenvalue weighted by Gasteiger charge is -1.85. The molecule has 0 bridgehead atoms. The van der Waals surface area contributed by atoms with Gasteiger partial charge >= 0.3 is 0 Å². The molecule has 2 rings (SSSR count). The lowest BCUT2D eigenvalue weighted by atomic mass is 10.4. The molecule has 56 valence electrons.